The van der Waals surface area contributed by atoms with Crippen LogP contribution in [0.1, 0.15) is 5.56 Å². The first kappa shape index (κ1) is 17.0. The van der Waals surface area contributed by atoms with Gasteiger partial charge in [0.25, 0.3) is 0 Å². The zero-order valence-corrected chi connectivity index (χ0v) is 14.8. The molecule has 0 aliphatic rings. The Morgan fingerprint density at radius 2 is 1.89 bits per heavy atom. The van der Waals surface area contributed by atoms with E-state index in [-0.39, 0.29) is 16.7 Å². The van der Waals surface area contributed by atoms with Crippen LogP contribution in [-0.4, -0.2) is 19.2 Å². The second-order valence-corrected chi connectivity index (χ2v) is 5.96. The van der Waals surface area contributed by atoms with E-state index in [9.17, 15) is 9.18 Å². The molecule has 0 aliphatic heterocycles. The molecule has 4 rings (SSSR count). The van der Waals surface area contributed by atoms with Gasteiger partial charge in [-0.25, -0.2) is 4.39 Å². The predicted octanol–water partition coefficient (Wildman–Crippen LogP) is 4.49. The normalized spacial score (nSPS) is 11.1. The van der Waals surface area contributed by atoms with E-state index >= 15 is 0 Å². The van der Waals surface area contributed by atoms with E-state index in [0.29, 0.717) is 33.4 Å². The SMILES string of the molecule is COc1ccc2ccc3occ(-c4ncccc4CF)c(=O)c3c2c1OC. The molecule has 0 aliphatic carbocycles. The maximum atomic E-state index is 13.4. The van der Waals surface area contributed by atoms with Gasteiger partial charge in [-0.1, -0.05) is 18.2 Å². The van der Waals surface area contributed by atoms with Gasteiger partial charge in [-0.3, -0.25) is 9.78 Å². The van der Waals surface area contributed by atoms with Gasteiger partial charge in [0, 0.05) is 17.1 Å². The fraction of sp³-hybridized carbons (Fsp3) is 0.143. The second kappa shape index (κ2) is 6.72. The van der Waals surface area contributed by atoms with E-state index < -0.39 is 6.67 Å². The summed E-state index contributed by atoms with van der Waals surface area (Å²) in [5.74, 6) is 0.946. The predicted molar refractivity (Wildman–Crippen MR) is 101 cm³/mol. The van der Waals surface area contributed by atoms with Crippen molar-refractivity contribution in [1.82, 2.24) is 4.98 Å². The van der Waals surface area contributed by atoms with Crippen molar-refractivity contribution in [3.05, 3.63) is 64.6 Å². The van der Waals surface area contributed by atoms with E-state index in [0.717, 1.165) is 5.39 Å². The molecule has 136 valence electrons. The Bertz CT molecular complexity index is 1220. The highest BCUT2D eigenvalue weighted by atomic mass is 19.1. The zero-order chi connectivity index (χ0) is 19.0. The van der Waals surface area contributed by atoms with Crippen molar-refractivity contribution in [3.8, 4) is 22.8 Å². The number of pyridine rings is 1. The molecule has 2 aromatic heterocycles. The number of alkyl halides is 1. The molecule has 0 saturated carbocycles. The van der Waals surface area contributed by atoms with Gasteiger partial charge in [0.15, 0.2) is 11.5 Å². The minimum Gasteiger partial charge on any atom is -0.493 e. The third-order valence-electron chi connectivity index (χ3n) is 4.55. The van der Waals surface area contributed by atoms with E-state index in [4.69, 9.17) is 13.9 Å². The molecule has 0 fully saturated rings. The summed E-state index contributed by atoms with van der Waals surface area (Å²) in [5.41, 5.74) is 0.902. The molecule has 0 amide bonds. The Morgan fingerprint density at radius 1 is 1.07 bits per heavy atom. The molecule has 0 spiro atoms. The monoisotopic (exact) mass is 365 g/mol. The first-order valence-corrected chi connectivity index (χ1v) is 8.29. The van der Waals surface area contributed by atoms with Gasteiger partial charge in [0.05, 0.1) is 30.9 Å². The van der Waals surface area contributed by atoms with Crippen molar-refractivity contribution in [1.29, 1.82) is 0 Å². The number of rotatable bonds is 4. The lowest BCUT2D eigenvalue weighted by Crippen LogP contribution is -2.08. The summed E-state index contributed by atoms with van der Waals surface area (Å²) in [5, 5.41) is 1.73. The van der Waals surface area contributed by atoms with Crippen LogP contribution < -0.4 is 14.9 Å². The number of aromatic nitrogens is 1. The highest BCUT2D eigenvalue weighted by Crippen LogP contribution is 2.39. The highest BCUT2D eigenvalue weighted by Gasteiger charge is 2.19. The minimum atomic E-state index is -0.729. The molecular formula is C21H16FNO4. The first-order valence-electron chi connectivity index (χ1n) is 8.29. The van der Waals surface area contributed by atoms with Crippen LogP contribution in [-0.2, 0) is 6.67 Å². The standard InChI is InChI=1S/C21H16FNO4/c1-25-16-8-6-12-5-7-15-18(17(12)21(16)26-2)20(24)14(11-27-15)19-13(10-22)4-3-9-23-19/h3-9,11H,10H2,1-2H3. The lowest BCUT2D eigenvalue weighted by atomic mass is 10.0. The number of nitrogens with zero attached hydrogens (tertiary/aromatic N) is 1. The molecule has 2 heterocycles. The Kier molecular flexibility index (Phi) is 4.24. The molecule has 2 aromatic carbocycles. The van der Waals surface area contributed by atoms with Crippen molar-refractivity contribution in [2.75, 3.05) is 14.2 Å². The molecule has 27 heavy (non-hydrogen) atoms. The second-order valence-electron chi connectivity index (χ2n) is 5.96. The number of halogens is 1. The molecule has 6 heteroatoms. The number of hydrogen-bond donors (Lipinski definition) is 0. The summed E-state index contributed by atoms with van der Waals surface area (Å²) in [4.78, 5) is 17.5. The average Bonchev–Trinajstić information content (AvgIpc) is 2.72. The van der Waals surface area contributed by atoms with Gasteiger partial charge < -0.3 is 13.9 Å². The maximum absolute atomic E-state index is 13.4. The summed E-state index contributed by atoms with van der Waals surface area (Å²) >= 11 is 0. The summed E-state index contributed by atoms with van der Waals surface area (Å²) < 4.78 is 30.0. The molecule has 0 saturated heterocycles. The summed E-state index contributed by atoms with van der Waals surface area (Å²) in [6.07, 6.45) is 2.84. The van der Waals surface area contributed by atoms with Crippen LogP contribution in [0.25, 0.3) is 33.0 Å². The van der Waals surface area contributed by atoms with Crippen LogP contribution in [0.4, 0.5) is 4.39 Å². The molecule has 4 aromatic rings. The average molecular weight is 365 g/mol. The topological polar surface area (TPSA) is 61.6 Å². The van der Waals surface area contributed by atoms with E-state index in [1.807, 2.05) is 12.1 Å². The molecule has 0 unspecified atom stereocenters. The Labute approximate surface area is 154 Å². The van der Waals surface area contributed by atoms with Gasteiger partial charge in [0.1, 0.15) is 18.5 Å². The molecule has 0 bridgehead atoms. The molecule has 5 nitrogen and oxygen atoms in total. The van der Waals surface area contributed by atoms with Gasteiger partial charge in [-0.15, -0.1) is 0 Å². The largest absolute Gasteiger partial charge is 0.493 e. The minimum absolute atomic E-state index is 0.202. The number of ether oxygens (including phenoxy) is 2. The number of fused-ring (bicyclic) bond motifs is 3. The molecule has 0 radical (unpaired) electrons. The lowest BCUT2D eigenvalue weighted by Gasteiger charge is -2.13. The van der Waals surface area contributed by atoms with Crippen LogP contribution >= 0.6 is 0 Å². The van der Waals surface area contributed by atoms with E-state index in [2.05, 4.69) is 4.98 Å². The Morgan fingerprint density at radius 3 is 2.63 bits per heavy atom. The number of methoxy groups -OCH3 is 2. The highest BCUT2D eigenvalue weighted by molar-refractivity contribution is 6.10. The fourth-order valence-electron chi connectivity index (χ4n) is 3.30. The molecule has 0 N–H and O–H groups in total. The van der Waals surface area contributed by atoms with Gasteiger partial charge in [-0.05, 0) is 23.6 Å². The smallest absolute Gasteiger partial charge is 0.202 e. The van der Waals surface area contributed by atoms with Gasteiger partial charge in [0.2, 0.25) is 5.43 Å². The van der Waals surface area contributed by atoms with Gasteiger partial charge in [-0.2, -0.15) is 0 Å². The number of benzene rings is 2. The van der Waals surface area contributed by atoms with Crippen LogP contribution in [0.5, 0.6) is 11.5 Å². The van der Waals surface area contributed by atoms with Crippen molar-refractivity contribution in [3.63, 3.8) is 0 Å². The van der Waals surface area contributed by atoms with Crippen molar-refractivity contribution in [2.45, 2.75) is 6.67 Å². The zero-order valence-electron chi connectivity index (χ0n) is 14.8. The summed E-state index contributed by atoms with van der Waals surface area (Å²) in [7, 11) is 3.05. The quantitative estimate of drug-likeness (QED) is 0.499. The van der Waals surface area contributed by atoms with E-state index in [1.54, 1.807) is 24.3 Å². The fourth-order valence-corrected chi connectivity index (χ4v) is 3.30. The lowest BCUT2D eigenvalue weighted by molar-refractivity contribution is 0.358. The van der Waals surface area contributed by atoms with Crippen molar-refractivity contribution >= 4 is 21.7 Å². The van der Waals surface area contributed by atoms with Crippen LogP contribution in [0, 0.1) is 0 Å². The third kappa shape index (κ3) is 2.61. The molecular weight excluding hydrogens is 349 g/mol. The van der Waals surface area contributed by atoms with Crippen molar-refractivity contribution in [2.24, 2.45) is 0 Å². The van der Waals surface area contributed by atoms with E-state index in [1.165, 1.54) is 26.7 Å². The first-order chi connectivity index (χ1) is 13.2. The number of hydrogen-bond acceptors (Lipinski definition) is 5. The van der Waals surface area contributed by atoms with Crippen LogP contribution in [0.2, 0.25) is 0 Å². The van der Waals surface area contributed by atoms with Crippen LogP contribution in [0.3, 0.4) is 0 Å². The Balaban J connectivity index is 2.16. The Hall–Kier alpha value is -3.41. The molecule has 0 atom stereocenters. The van der Waals surface area contributed by atoms with Gasteiger partial charge >= 0.3 is 0 Å². The maximum Gasteiger partial charge on any atom is 0.202 e. The third-order valence-corrected chi connectivity index (χ3v) is 4.55. The summed E-state index contributed by atoms with van der Waals surface area (Å²) in [6.45, 7) is -0.729. The van der Waals surface area contributed by atoms with Crippen molar-refractivity contribution < 1.29 is 18.3 Å². The summed E-state index contributed by atoms with van der Waals surface area (Å²) in [6, 6.07) is 10.4. The van der Waals surface area contributed by atoms with Crippen LogP contribution in [0.15, 0.2) is 58.1 Å².